The molecule has 4 nitrogen and oxygen atoms in total. The van der Waals surface area contributed by atoms with Crippen LogP contribution in [0.2, 0.25) is 5.28 Å². The van der Waals surface area contributed by atoms with E-state index in [-0.39, 0.29) is 17.3 Å². The number of nitrogens with zero attached hydrogens (tertiary/aromatic N) is 2. The summed E-state index contributed by atoms with van der Waals surface area (Å²) >= 11 is 5.74. The summed E-state index contributed by atoms with van der Waals surface area (Å²) in [6.45, 7) is 3.05. The molecule has 0 saturated heterocycles. The second kappa shape index (κ2) is 4.55. The molecule has 1 aromatic heterocycles. The number of rotatable bonds is 5. The highest BCUT2D eigenvalue weighted by molar-refractivity contribution is 6.28. The maximum atomic E-state index is 8.96. The summed E-state index contributed by atoms with van der Waals surface area (Å²) < 4.78 is 0. The van der Waals surface area contributed by atoms with Gasteiger partial charge >= 0.3 is 0 Å². The SMILES string of the molecule is Cc1cnc(Cl)nc1NCC1(CCO)CC1. The van der Waals surface area contributed by atoms with Crippen LogP contribution < -0.4 is 5.32 Å². The zero-order valence-corrected chi connectivity index (χ0v) is 10.1. The molecule has 0 radical (unpaired) electrons. The fourth-order valence-corrected chi connectivity index (χ4v) is 1.93. The van der Waals surface area contributed by atoms with Gasteiger partial charge in [0.05, 0.1) is 0 Å². The second-order valence-corrected chi connectivity index (χ2v) is 4.84. The van der Waals surface area contributed by atoms with Crippen molar-refractivity contribution in [3.63, 3.8) is 0 Å². The Morgan fingerprint density at radius 3 is 2.94 bits per heavy atom. The Kier molecular flexibility index (Phi) is 3.30. The normalized spacial score (nSPS) is 17.2. The van der Waals surface area contributed by atoms with Gasteiger partial charge in [0.2, 0.25) is 5.28 Å². The monoisotopic (exact) mass is 241 g/mol. The van der Waals surface area contributed by atoms with Gasteiger partial charge in [-0.25, -0.2) is 9.97 Å². The van der Waals surface area contributed by atoms with Crippen molar-refractivity contribution in [2.24, 2.45) is 5.41 Å². The number of anilines is 1. The van der Waals surface area contributed by atoms with E-state index in [0.717, 1.165) is 24.3 Å². The highest BCUT2D eigenvalue weighted by Gasteiger charge is 2.41. The Morgan fingerprint density at radius 1 is 1.56 bits per heavy atom. The molecule has 0 spiro atoms. The van der Waals surface area contributed by atoms with Crippen LogP contribution in [-0.4, -0.2) is 28.2 Å². The van der Waals surface area contributed by atoms with E-state index in [1.165, 1.54) is 12.8 Å². The van der Waals surface area contributed by atoms with E-state index in [1.807, 2.05) is 6.92 Å². The molecule has 88 valence electrons. The summed E-state index contributed by atoms with van der Waals surface area (Å²) in [4.78, 5) is 8.05. The van der Waals surface area contributed by atoms with Crippen LogP contribution in [0.25, 0.3) is 0 Å². The molecular formula is C11H16ClN3O. The molecule has 0 atom stereocenters. The molecule has 1 aromatic rings. The summed E-state index contributed by atoms with van der Waals surface area (Å²) in [5.41, 5.74) is 1.27. The summed E-state index contributed by atoms with van der Waals surface area (Å²) in [5, 5.41) is 12.5. The first-order valence-corrected chi connectivity index (χ1v) is 5.87. The van der Waals surface area contributed by atoms with Crippen LogP contribution in [0.15, 0.2) is 6.20 Å². The Hall–Kier alpha value is -0.870. The van der Waals surface area contributed by atoms with Crippen molar-refractivity contribution in [1.82, 2.24) is 9.97 Å². The summed E-state index contributed by atoms with van der Waals surface area (Å²) in [7, 11) is 0. The highest BCUT2D eigenvalue weighted by atomic mass is 35.5. The van der Waals surface area contributed by atoms with Crippen LogP contribution in [0.5, 0.6) is 0 Å². The van der Waals surface area contributed by atoms with E-state index >= 15 is 0 Å². The Morgan fingerprint density at radius 2 is 2.31 bits per heavy atom. The number of nitrogens with one attached hydrogen (secondary N) is 1. The van der Waals surface area contributed by atoms with Gasteiger partial charge in [0, 0.05) is 24.9 Å². The predicted molar refractivity (Wildman–Crippen MR) is 63.6 cm³/mol. The summed E-state index contributed by atoms with van der Waals surface area (Å²) in [6.07, 6.45) is 4.93. The van der Waals surface area contributed by atoms with Crippen molar-refractivity contribution < 1.29 is 5.11 Å². The Balaban J connectivity index is 1.97. The van der Waals surface area contributed by atoms with Crippen molar-refractivity contribution in [3.05, 3.63) is 17.0 Å². The molecule has 16 heavy (non-hydrogen) atoms. The van der Waals surface area contributed by atoms with E-state index in [2.05, 4.69) is 15.3 Å². The van der Waals surface area contributed by atoms with Crippen LogP contribution in [0, 0.1) is 12.3 Å². The van der Waals surface area contributed by atoms with E-state index in [1.54, 1.807) is 6.20 Å². The first-order valence-electron chi connectivity index (χ1n) is 5.49. The summed E-state index contributed by atoms with van der Waals surface area (Å²) in [6, 6.07) is 0. The third kappa shape index (κ3) is 2.62. The molecule has 1 saturated carbocycles. The van der Waals surface area contributed by atoms with Gasteiger partial charge in [0.15, 0.2) is 0 Å². The zero-order valence-electron chi connectivity index (χ0n) is 9.33. The first-order chi connectivity index (χ1) is 7.65. The minimum Gasteiger partial charge on any atom is -0.396 e. The highest BCUT2D eigenvalue weighted by Crippen LogP contribution is 2.48. The van der Waals surface area contributed by atoms with E-state index < -0.39 is 0 Å². The molecule has 1 aliphatic carbocycles. The average Bonchev–Trinajstić information content (AvgIpc) is 3.01. The number of aromatic nitrogens is 2. The van der Waals surface area contributed by atoms with Crippen molar-refractivity contribution in [2.45, 2.75) is 26.2 Å². The Bertz CT molecular complexity index is 379. The van der Waals surface area contributed by atoms with Crippen LogP contribution in [0.4, 0.5) is 5.82 Å². The molecule has 2 N–H and O–H groups in total. The van der Waals surface area contributed by atoms with Gasteiger partial charge in [0.1, 0.15) is 5.82 Å². The van der Waals surface area contributed by atoms with E-state index in [0.29, 0.717) is 0 Å². The molecule has 0 aliphatic heterocycles. The quantitative estimate of drug-likeness (QED) is 0.775. The van der Waals surface area contributed by atoms with Crippen molar-refractivity contribution in [1.29, 1.82) is 0 Å². The number of aryl methyl sites for hydroxylation is 1. The standard InChI is InChI=1S/C11H16ClN3O/c1-8-6-13-10(12)15-9(8)14-7-11(2-3-11)4-5-16/h6,16H,2-5,7H2,1H3,(H,13,14,15). The topological polar surface area (TPSA) is 58.0 Å². The van der Waals surface area contributed by atoms with Gasteiger partial charge < -0.3 is 10.4 Å². The van der Waals surface area contributed by atoms with Crippen LogP contribution >= 0.6 is 11.6 Å². The third-order valence-corrected chi connectivity index (χ3v) is 3.35. The fraction of sp³-hybridized carbons (Fsp3) is 0.636. The average molecular weight is 242 g/mol. The third-order valence-electron chi connectivity index (χ3n) is 3.17. The first kappa shape index (κ1) is 11.6. The Labute approximate surface area is 100 Å². The van der Waals surface area contributed by atoms with Crippen molar-refractivity contribution in [2.75, 3.05) is 18.5 Å². The molecule has 5 heteroatoms. The van der Waals surface area contributed by atoms with Gasteiger partial charge in [-0.3, -0.25) is 0 Å². The summed E-state index contributed by atoms with van der Waals surface area (Å²) in [5.74, 6) is 0.796. The molecule has 0 unspecified atom stereocenters. The molecule has 1 aliphatic rings. The van der Waals surface area contributed by atoms with Crippen LogP contribution in [-0.2, 0) is 0 Å². The number of aliphatic hydroxyl groups excluding tert-OH is 1. The van der Waals surface area contributed by atoms with Crippen molar-refractivity contribution in [3.8, 4) is 0 Å². The van der Waals surface area contributed by atoms with Crippen LogP contribution in [0.1, 0.15) is 24.8 Å². The predicted octanol–water partition coefficient (Wildman–Crippen LogP) is 2.01. The zero-order chi connectivity index (χ0) is 11.6. The van der Waals surface area contributed by atoms with Gasteiger partial charge in [-0.2, -0.15) is 0 Å². The van der Waals surface area contributed by atoms with Gasteiger partial charge in [-0.15, -0.1) is 0 Å². The molecule has 1 heterocycles. The van der Waals surface area contributed by atoms with E-state index in [9.17, 15) is 0 Å². The lowest BCUT2D eigenvalue weighted by molar-refractivity contribution is 0.253. The molecular weight excluding hydrogens is 226 g/mol. The molecule has 2 rings (SSSR count). The van der Waals surface area contributed by atoms with Crippen LogP contribution in [0.3, 0.4) is 0 Å². The van der Waals surface area contributed by atoms with Gasteiger partial charge in [-0.05, 0) is 43.2 Å². The van der Waals surface area contributed by atoms with Gasteiger partial charge in [0.25, 0.3) is 0 Å². The number of hydrogen-bond donors (Lipinski definition) is 2. The van der Waals surface area contributed by atoms with Crippen molar-refractivity contribution >= 4 is 17.4 Å². The molecule has 0 amide bonds. The minimum absolute atomic E-state index is 0.255. The maximum absolute atomic E-state index is 8.96. The fourth-order valence-electron chi connectivity index (χ4n) is 1.80. The number of halogens is 1. The molecule has 0 aromatic carbocycles. The second-order valence-electron chi connectivity index (χ2n) is 4.50. The molecule has 1 fully saturated rings. The lowest BCUT2D eigenvalue weighted by Gasteiger charge is -2.15. The van der Waals surface area contributed by atoms with Gasteiger partial charge in [-0.1, -0.05) is 0 Å². The number of hydrogen-bond acceptors (Lipinski definition) is 4. The smallest absolute Gasteiger partial charge is 0.224 e. The maximum Gasteiger partial charge on any atom is 0.224 e. The van der Waals surface area contributed by atoms with E-state index in [4.69, 9.17) is 16.7 Å². The number of aliphatic hydroxyl groups is 1. The lowest BCUT2D eigenvalue weighted by Crippen LogP contribution is -2.18. The lowest BCUT2D eigenvalue weighted by atomic mass is 10.0. The largest absolute Gasteiger partial charge is 0.396 e. The minimum atomic E-state index is 0.255. The molecule has 0 bridgehead atoms.